The Morgan fingerprint density at radius 2 is 1.88 bits per heavy atom. The number of hydrogen-bond donors (Lipinski definition) is 1. The highest BCUT2D eigenvalue weighted by Gasteiger charge is 2.24. The molecule has 0 rings (SSSR count). The summed E-state index contributed by atoms with van der Waals surface area (Å²) in [4.78, 5) is 2.48. The lowest BCUT2D eigenvalue weighted by Gasteiger charge is -2.34. The highest BCUT2D eigenvalue weighted by Crippen LogP contribution is 2.22. The van der Waals surface area contributed by atoms with E-state index in [0.29, 0.717) is 17.5 Å². The molecule has 0 aromatic rings. The molecule has 0 radical (unpaired) electrons. The minimum atomic E-state index is 0.347. The predicted octanol–water partition coefficient (Wildman–Crippen LogP) is 3.08. The molecule has 104 valence electrons. The van der Waals surface area contributed by atoms with Gasteiger partial charge in [0.1, 0.15) is 0 Å². The summed E-state index contributed by atoms with van der Waals surface area (Å²) < 4.78 is 0. The largest absolute Gasteiger partial charge is 0.314 e. The van der Waals surface area contributed by atoms with Gasteiger partial charge < -0.3 is 10.2 Å². The summed E-state index contributed by atoms with van der Waals surface area (Å²) in [5, 5.41) is 3.62. The van der Waals surface area contributed by atoms with E-state index in [9.17, 15) is 0 Å². The third-order valence-corrected chi connectivity index (χ3v) is 4.24. The molecule has 0 bridgehead atoms. The van der Waals surface area contributed by atoms with E-state index in [2.05, 4.69) is 58.1 Å². The van der Waals surface area contributed by atoms with Crippen molar-refractivity contribution >= 4 is 11.8 Å². The molecular weight excluding hydrogens is 228 g/mol. The van der Waals surface area contributed by atoms with Crippen molar-refractivity contribution in [3.05, 3.63) is 0 Å². The molecule has 0 fully saturated rings. The maximum absolute atomic E-state index is 3.62. The van der Waals surface area contributed by atoms with Crippen molar-refractivity contribution < 1.29 is 0 Å². The van der Waals surface area contributed by atoms with E-state index in [1.165, 1.54) is 18.7 Å². The Morgan fingerprint density at radius 3 is 2.29 bits per heavy atom. The van der Waals surface area contributed by atoms with E-state index in [-0.39, 0.29) is 0 Å². The molecule has 2 atom stereocenters. The highest BCUT2D eigenvalue weighted by molar-refractivity contribution is 7.98. The molecule has 2 nitrogen and oxygen atoms in total. The lowest BCUT2D eigenvalue weighted by Crippen LogP contribution is -2.43. The Hall–Kier alpha value is 0.270. The van der Waals surface area contributed by atoms with Crippen LogP contribution in [-0.2, 0) is 0 Å². The molecule has 0 heterocycles. The summed E-state index contributed by atoms with van der Waals surface area (Å²) in [5.41, 5.74) is 0.347. The first-order valence-electron chi connectivity index (χ1n) is 6.75. The maximum Gasteiger partial charge on any atom is 0.0154 e. The van der Waals surface area contributed by atoms with Crippen molar-refractivity contribution in [1.29, 1.82) is 0 Å². The molecule has 0 saturated heterocycles. The van der Waals surface area contributed by atoms with Crippen LogP contribution in [0.1, 0.15) is 41.0 Å². The maximum atomic E-state index is 3.62. The monoisotopic (exact) mass is 260 g/mol. The van der Waals surface area contributed by atoms with Gasteiger partial charge in [0.2, 0.25) is 0 Å². The Morgan fingerprint density at radius 1 is 1.29 bits per heavy atom. The van der Waals surface area contributed by atoms with Gasteiger partial charge in [-0.15, -0.1) is 0 Å². The Bertz CT molecular complexity index is 189. The molecule has 0 spiro atoms. The van der Waals surface area contributed by atoms with E-state index in [0.717, 1.165) is 6.54 Å². The number of nitrogens with zero attached hydrogens (tertiary/aromatic N) is 1. The SMILES string of the molecule is CCNC(CCN(C)C(C)CSC)C(C)(C)C. The van der Waals surface area contributed by atoms with Crippen LogP contribution in [0.4, 0.5) is 0 Å². The van der Waals surface area contributed by atoms with Crippen LogP contribution in [0.2, 0.25) is 0 Å². The zero-order chi connectivity index (χ0) is 13.5. The van der Waals surface area contributed by atoms with Gasteiger partial charge in [0, 0.05) is 17.8 Å². The van der Waals surface area contributed by atoms with Crippen molar-refractivity contribution in [2.45, 2.75) is 53.1 Å². The number of rotatable bonds is 8. The first-order chi connectivity index (χ1) is 7.82. The number of nitrogens with one attached hydrogen (secondary N) is 1. The fourth-order valence-electron chi connectivity index (χ4n) is 2.01. The van der Waals surface area contributed by atoms with Crippen LogP contribution in [0, 0.1) is 5.41 Å². The zero-order valence-electron chi connectivity index (χ0n) is 12.8. The van der Waals surface area contributed by atoms with Crippen molar-refractivity contribution in [3.8, 4) is 0 Å². The molecule has 0 aliphatic heterocycles. The fraction of sp³-hybridized carbons (Fsp3) is 1.00. The molecule has 0 amide bonds. The third-order valence-electron chi connectivity index (χ3n) is 3.43. The molecular formula is C14H32N2S. The topological polar surface area (TPSA) is 15.3 Å². The third kappa shape index (κ3) is 7.32. The van der Waals surface area contributed by atoms with E-state index < -0.39 is 0 Å². The van der Waals surface area contributed by atoms with E-state index >= 15 is 0 Å². The van der Waals surface area contributed by atoms with Crippen molar-refractivity contribution in [2.75, 3.05) is 32.1 Å². The average molecular weight is 260 g/mol. The lowest BCUT2D eigenvalue weighted by atomic mass is 9.84. The number of hydrogen-bond acceptors (Lipinski definition) is 3. The Labute approximate surface area is 113 Å². The standard InChI is InChI=1S/C14H32N2S/c1-8-15-13(14(3,4)5)9-10-16(6)12(2)11-17-7/h12-13,15H,8-11H2,1-7H3. The van der Waals surface area contributed by atoms with Crippen molar-refractivity contribution in [2.24, 2.45) is 5.41 Å². The summed E-state index contributed by atoms with van der Waals surface area (Å²) in [5.74, 6) is 1.22. The van der Waals surface area contributed by atoms with Gasteiger partial charge >= 0.3 is 0 Å². The van der Waals surface area contributed by atoms with Gasteiger partial charge in [-0.1, -0.05) is 27.7 Å². The fourth-order valence-corrected chi connectivity index (χ4v) is 2.75. The molecule has 0 aliphatic carbocycles. The summed E-state index contributed by atoms with van der Waals surface area (Å²) in [6.45, 7) is 13.7. The molecule has 2 unspecified atom stereocenters. The van der Waals surface area contributed by atoms with Crippen molar-refractivity contribution in [1.82, 2.24) is 10.2 Å². The predicted molar refractivity (Wildman–Crippen MR) is 82.0 cm³/mol. The van der Waals surface area contributed by atoms with Crippen molar-refractivity contribution in [3.63, 3.8) is 0 Å². The summed E-state index contributed by atoms with van der Waals surface area (Å²) in [7, 11) is 2.24. The van der Waals surface area contributed by atoms with Crippen LogP contribution in [0.5, 0.6) is 0 Å². The Kier molecular flexibility index (Phi) is 8.52. The minimum absolute atomic E-state index is 0.347. The summed E-state index contributed by atoms with van der Waals surface area (Å²) in [6, 6.07) is 1.28. The van der Waals surface area contributed by atoms with Crippen LogP contribution in [0.25, 0.3) is 0 Å². The van der Waals surface area contributed by atoms with Gasteiger partial charge in [0.05, 0.1) is 0 Å². The average Bonchev–Trinajstić information content (AvgIpc) is 2.22. The molecule has 3 heteroatoms. The highest BCUT2D eigenvalue weighted by atomic mass is 32.2. The quantitative estimate of drug-likeness (QED) is 0.722. The van der Waals surface area contributed by atoms with E-state index in [1.807, 2.05) is 11.8 Å². The van der Waals surface area contributed by atoms with Gasteiger partial charge in [-0.05, 0) is 45.2 Å². The lowest BCUT2D eigenvalue weighted by molar-refractivity contribution is 0.206. The van der Waals surface area contributed by atoms with E-state index in [1.54, 1.807) is 0 Å². The van der Waals surface area contributed by atoms with Gasteiger partial charge in [-0.2, -0.15) is 11.8 Å². The summed E-state index contributed by atoms with van der Waals surface area (Å²) in [6.07, 6.45) is 3.41. The molecule has 17 heavy (non-hydrogen) atoms. The summed E-state index contributed by atoms with van der Waals surface area (Å²) >= 11 is 1.93. The molecule has 0 aliphatic rings. The number of thioether (sulfide) groups is 1. The van der Waals surface area contributed by atoms with Crippen LogP contribution >= 0.6 is 11.8 Å². The second kappa shape index (κ2) is 8.39. The zero-order valence-corrected chi connectivity index (χ0v) is 13.7. The minimum Gasteiger partial charge on any atom is -0.314 e. The normalized spacial score (nSPS) is 16.2. The van der Waals surface area contributed by atoms with Crippen LogP contribution < -0.4 is 5.32 Å². The van der Waals surface area contributed by atoms with Crippen LogP contribution in [-0.4, -0.2) is 49.1 Å². The van der Waals surface area contributed by atoms with Crippen LogP contribution in [0.3, 0.4) is 0 Å². The second-order valence-corrected chi connectivity index (χ2v) is 6.96. The smallest absolute Gasteiger partial charge is 0.0154 e. The van der Waals surface area contributed by atoms with Gasteiger partial charge in [-0.3, -0.25) is 0 Å². The first-order valence-corrected chi connectivity index (χ1v) is 8.14. The van der Waals surface area contributed by atoms with Crippen LogP contribution in [0.15, 0.2) is 0 Å². The molecule has 1 N–H and O–H groups in total. The Balaban J connectivity index is 4.12. The van der Waals surface area contributed by atoms with Gasteiger partial charge in [-0.25, -0.2) is 0 Å². The molecule has 0 aromatic carbocycles. The molecule has 0 aromatic heterocycles. The first kappa shape index (κ1) is 17.3. The second-order valence-electron chi connectivity index (χ2n) is 6.05. The van der Waals surface area contributed by atoms with Gasteiger partial charge in [0.25, 0.3) is 0 Å². The molecule has 0 saturated carbocycles. The van der Waals surface area contributed by atoms with Gasteiger partial charge in [0.15, 0.2) is 0 Å². The van der Waals surface area contributed by atoms with E-state index in [4.69, 9.17) is 0 Å².